The molecule has 0 saturated carbocycles. The first-order valence-corrected chi connectivity index (χ1v) is 7.50. The van der Waals surface area contributed by atoms with E-state index in [-0.39, 0.29) is 25.3 Å². The number of carboxylic acids is 1. The summed E-state index contributed by atoms with van der Waals surface area (Å²) < 4.78 is 10.4. The predicted molar refractivity (Wildman–Crippen MR) is 84.2 cm³/mol. The van der Waals surface area contributed by atoms with E-state index in [1.807, 2.05) is 6.07 Å². The van der Waals surface area contributed by atoms with E-state index >= 15 is 0 Å². The Morgan fingerprint density at radius 1 is 1.25 bits per heavy atom. The summed E-state index contributed by atoms with van der Waals surface area (Å²) in [5.41, 5.74) is 0.891. The second kappa shape index (κ2) is 7.67. The Morgan fingerprint density at radius 2 is 1.96 bits per heavy atom. The third kappa shape index (κ3) is 3.95. The van der Waals surface area contributed by atoms with Gasteiger partial charge in [-0.3, -0.25) is 14.5 Å². The number of ether oxygens (including phenoxy) is 2. The average Bonchev–Trinajstić information content (AvgIpc) is 2.84. The normalized spacial score (nSPS) is 16.9. The molecule has 1 aliphatic heterocycles. The molecular formula is C16H20N2O6. The molecular weight excluding hydrogens is 316 g/mol. The lowest BCUT2D eigenvalue weighted by Crippen LogP contribution is -2.33. The summed E-state index contributed by atoms with van der Waals surface area (Å²) in [5, 5.41) is 11.2. The van der Waals surface area contributed by atoms with Crippen molar-refractivity contribution in [2.45, 2.75) is 25.3 Å². The van der Waals surface area contributed by atoms with Crippen LogP contribution >= 0.6 is 0 Å². The number of nitrogens with one attached hydrogen (secondary N) is 1. The number of urea groups is 1. The van der Waals surface area contributed by atoms with Gasteiger partial charge in [-0.25, -0.2) is 4.79 Å². The molecule has 8 heteroatoms. The van der Waals surface area contributed by atoms with Crippen molar-refractivity contribution in [2.75, 3.05) is 20.8 Å². The van der Waals surface area contributed by atoms with Crippen LogP contribution in [0.25, 0.3) is 0 Å². The van der Waals surface area contributed by atoms with Gasteiger partial charge in [0.05, 0.1) is 14.2 Å². The van der Waals surface area contributed by atoms with E-state index < -0.39 is 18.0 Å². The number of rotatable bonds is 8. The molecule has 1 fully saturated rings. The molecule has 2 rings (SSSR count). The van der Waals surface area contributed by atoms with Crippen molar-refractivity contribution in [3.63, 3.8) is 0 Å². The molecule has 8 nitrogen and oxygen atoms in total. The molecule has 1 aromatic rings. The SMILES string of the molecule is COc1ccc(CCN2C(=O)N[C@@H](CCC(=O)O)C2=O)cc1OC. The summed E-state index contributed by atoms with van der Waals surface area (Å²) in [4.78, 5) is 35.8. The van der Waals surface area contributed by atoms with E-state index in [0.29, 0.717) is 17.9 Å². The van der Waals surface area contributed by atoms with Crippen LogP contribution in [0, 0.1) is 0 Å². The van der Waals surface area contributed by atoms with Gasteiger partial charge in [0, 0.05) is 13.0 Å². The molecule has 130 valence electrons. The van der Waals surface area contributed by atoms with Gasteiger partial charge in [-0.05, 0) is 30.5 Å². The van der Waals surface area contributed by atoms with E-state index in [2.05, 4.69) is 5.32 Å². The molecule has 0 unspecified atom stereocenters. The number of aliphatic carboxylic acids is 1. The molecule has 1 aliphatic rings. The fourth-order valence-electron chi connectivity index (χ4n) is 2.53. The van der Waals surface area contributed by atoms with Crippen LogP contribution in [0.4, 0.5) is 4.79 Å². The van der Waals surface area contributed by atoms with E-state index in [4.69, 9.17) is 14.6 Å². The topological polar surface area (TPSA) is 105 Å². The van der Waals surface area contributed by atoms with Crippen LogP contribution in [0.2, 0.25) is 0 Å². The number of carbonyl (C=O) groups is 3. The maximum absolute atomic E-state index is 12.2. The summed E-state index contributed by atoms with van der Waals surface area (Å²) in [6, 6.07) is 4.13. The minimum Gasteiger partial charge on any atom is -0.493 e. The molecule has 0 aromatic heterocycles. The molecule has 24 heavy (non-hydrogen) atoms. The number of carbonyl (C=O) groups excluding carboxylic acids is 2. The Labute approximate surface area is 139 Å². The van der Waals surface area contributed by atoms with Crippen molar-refractivity contribution in [2.24, 2.45) is 0 Å². The van der Waals surface area contributed by atoms with Gasteiger partial charge in [0.2, 0.25) is 0 Å². The lowest BCUT2D eigenvalue weighted by molar-refractivity contribution is -0.137. The third-order valence-corrected chi connectivity index (χ3v) is 3.83. The molecule has 3 amide bonds. The Morgan fingerprint density at radius 3 is 2.58 bits per heavy atom. The number of hydrogen-bond acceptors (Lipinski definition) is 5. The number of carboxylic acid groups (broad SMARTS) is 1. The zero-order chi connectivity index (χ0) is 17.7. The number of methoxy groups -OCH3 is 2. The molecule has 1 heterocycles. The largest absolute Gasteiger partial charge is 0.493 e. The van der Waals surface area contributed by atoms with Crippen molar-refractivity contribution in [3.05, 3.63) is 23.8 Å². The number of hydrogen-bond donors (Lipinski definition) is 2. The summed E-state index contributed by atoms with van der Waals surface area (Å²) >= 11 is 0. The number of nitrogens with zero attached hydrogens (tertiary/aromatic N) is 1. The second-order valence-corrected chi connectivity index (χ2v) is 5.36. The summed E-state index contributed by atoms with van der Waals surface area (Å²) in [7, 11) is 3.08. The van der Waals surface area contributed by atoms with Crippen LogP contribution in [0.15, 0.2) is 18.2 Å². The Bertz CT molecular complexity index is 645. The van der Waals surface area contributed by atoms with Crippen molar-refractivity contribution in [3.8, 4) is 11.5 Å². The molecule has 1 atom stereocenters. The summed E-state index contributed by atoms with van der Waals surface area (Å²) in [5.74, 6) is -0.209. The van der Waals surface area contributed by atoms with Crippen LogP contribution < -0.4 is 14.8 Å². The highest BCUT2D eigenvalue weighted by molar-refractivity contribution is 6.04. The van der Waals surface area contributed by atoms with E-state index in [1.165, 1.54) is 7.11 Å². The molecule has 0 radical (unpaired) electrons. The van der Waals surface area contributed by atoms with Gasteiger partial charge < -0.3 is 19.9 Å². The van der Waals surface area contributed by atoms with Gasteiger partial charge >= 0.3 is 12.0 Å². The van der Waals surface area contributed by atoms with Crippen LogP contribution in [0.1, 0.15) is 18.4 Å². The van der Waals surface area contributed by atoms with Gasteiger partial charge in [-0.15, -0.1) is 0 Å². The van der Waals surface area contributed by atoms with Gasteiger partial charge in [0.1, 0.15) is 6.04 Å². The number of benzene rings is 1. The lowest BCUT2D eigenvalue weighted by atomic mass is 10.1. The van der Waals surface area contributed by atoms with Crippen molar-refractivity contribution in [1.29, 1.82) is 0 Å². The van der Waals surface area contributed by atoms with Gasteiger partial charge in [0.15, 0.2) is 11.5 Å². The Hall–Kier alpha value is -2.77. The molecule has 1 aromatic carbocycles. The first-order valence-electron chi connectivity index (χ1n) is 7.50. The summed E-state index contributed by atoms with van der Waals surface area (Å²) in [6.45, 7) is 0.212. The Kier molecular flexibility index (Phi) is 5.62. The minimum atomic E-state index is -0.999. The van der Waals surface area contributed by atoms with Crippen LogP contribution in [-0.2, 0) is 16.0 Å². The number of imide groups is 1. The maximum Gasteiger partial charge on any atom is 0.324 e. The molecule has 0 bridgehead atoms. The molecule has 2 N–H and O–H groups in total. The van der Waals surface area contributed by atoms with Crippen molar-refractivity contribution >= 4 is 17.9 Å². The number of amides is 3. The highest BCUT2D eigenvalue weighted by Gasteiger charge is 2.37. The predicted octanol–water partition coefficient (Wildman–Crippen LogP) is 1.03. The van der Waals surface area contributed by atoms with Crippen molar-refractivity contribution < 1.29 is 29.0 Å². The highest BCUT2D eigenvalue weighted by atomic mass is 16.5. The monoisotopic (exact) mass is 336 g/mol. The van der Waals surface area contributed by atoms with E-state index in [1.54, 1.807) is 19.2 Å². The van der Waals surface area contributed by atoms with Gasteiger partial charge in [0.25, 0.3) is 5.91 Å². The first-order chi connectivity index (χ1) is 11.5. The van der Waals surface area contributed by atoms with Crippen LogP contribution in [-0.4, -0.2) is 54.7 Å². The highest BCUT2D eigenvalue weighted by Crippen LogP contribution is 2.27. The van der Waals surface area contributed by atoms with E-state index in [0.717, 1.165) is 10.5 Å². The maximum atomic E-state index is 12.2. The van der Waals surface area contributed by atoms with Crippen LogP contribution in [0.3, 0.4) is 0 Å². The zero-order valence-electron chi connectivity index (χ0n) is 13.6. The van der Waals surface area contributed by atoms with Crippen molar-refractivity contribution in [1.82, 2.24) is 10.2 Å². The summed E-state index contributed by atoms with van der Waals surface area (Å²) in [6.07, 6.45) is 0.387. The zero-order valence-corrected chi connectivity index (χ0v) is 13.6. The second-order valence-electron chi connectivity index (χ2n) is 5.36. The lowest BCUT2D eigenvalue weighted by Gasteiger charge is -2.14. The molecule has 0 spiro atoms. The quantitative estimate of drug-likeness (QED) is 0.687. The molecule has 1 saturated heterocycles. The molecule has 0 aliphatic carbocycles. The fraction of sp³-hybridized carbons (Fsp3) is 0.438. The minimum absolute atomic E-state index is 0.0900. The van der Waals surface area contributed by atoms with E-state index in [9.17, 15) is 14.4 Å². The van der Waals surface area contributed by atoms with Gasteiger partial charge in [-0.2, -0.15) is 0 Å². The van der Waals surface area contributed by atoms with Gasteiger partial charge in [-0.1, -0.05) is 6.07 Å². The smallest absolute Gasteiger partial charge is 0.324 e. The Balaban J connectivity index is 1.97. The van der Waals surface area contributed by atoms with Crippen LogP contribution in [0.5, 0.6) is 11.5 Å². The third-order valence-electron chi connectivity index (χ3n) is 3.83. The average molecular weight is 336 g/mol. The first kappa shape index (κ1) is 17.6. The fourth-order valence-corrected chi connectivity index (χ4v) is 2.53. The standard InChI is InChI=1S/C16H20N2O6/c1-23-12-5-3-10(9-13(12)24-2)7-8-18-15(21)11(17-16(18)22)4-6-14(19)20/h3,5,9,11H,4,6-8H2,1-2H3,(H,17,22)(H,19,20)/t11-/m0/s1.